The quantitative estimate of drug-likeness (QED) is 0.829. The van der Waals surface area contributed by atoms with E-state index in [9.17, 15) is 13.2 Å². The Labute approximate surface area is 149 Å². The molecule has 0 aromatic heterocycles. The van der Waals surface area contributed by atoms with Crippen molar-refractivity contribution in [2.24, 2.45) is 5.73 Å². The molecule has 5 nitrogen and oxygen atoms in total. The van der Waals surface area contributed by atoms with Crippen molar-refractivity contribution in [2.45, 2.75) is 43.5 Å². The highest BCUT2D eigenvalue weighted by atomic mass is 32.2. The van der Waals surface area contributed by atoms with Crippen LogP contribution in [-0.4, -0.2) is 20.4 Å². The normalized spacial score (nSPS) is 13.4. The summed E-state index contributed by atoms with van der Waals surface area (Å²) in [6.45, 7) is 6.16. The van der Waals surface area contributed by atoms with Crippen LogP contribution < -0.4 is 10.5 Å². The van der Waals surface area contributed by atoms with Crippen LogP contribution in [0.5, 0.6) is 0 Å². The van der Waals surface area contributed by atoms with Crippen LogP contribution in [0.4, 0.5) is 0 Å². The zero-order valence-electron chi connectivity index (χ0n) is 14.7. The molecule has 0 saturated heterocycles. The summed E-state index contributed by atoms with van der Waals surface area (Å²) in [6, 6.07) is 14.8. The van der Waals surface area contributed by atoms with Gasteiger partial charge < -0.3 is 5.73 Å². The number of rotatable bonds is 6. The number of carbonyl (C=O) groups is 1. The van der Waals surface area contributed by atoms with Crippen LogP contribution in [0.15, 0.2) is 59.5 Å². The molecule has 134 valence electrons. The summed E-state index contributed by atoms with van der Waals surface area (Å²) in [4.78, 5) is 11.8. The summed E-state index contributed by atoms with van der Waals surface area (Å²) in [5.41, 5.74) is 7.17. The van der Waals surface area contributed by atoms with Gasteiger partial charge in [0.1, 0.15) is 6.04 Å². The van der Waals surface area contributed by atoms with Crippen molar-refractivity contribution in [1.82, 2.24) is 4.72 Å². The maximum absolute atomic E-state index is 12.6. The number of sulfonamides is 1. The van der Waals surface area contributed by atoms with E-state index in [2.05, 4.69) is 25.5 Å². The van der Waals surface area contributed by atoms with Gasteiger partial charge in [-0.1, -0.05) is 63.2 Å². The van der Waals surface area contributed by atoms with Gasteiger partial charge in [-0.3, -0.25) is 4.79 Å². The van der Waals surface area contributed by atoms with Crippen LogP contribution in [0, 0.1) is 0 Å². The average Bonchev–Trinajstić information content (AvgIpc) is 2.54. The fraction of sp³-hybridized carbons (Fsp3) is 0.316. The van der Waals surface area contributed by atoms with Gasteiger partial charge in [0.25, 0.3) is 0 Å². The van der Waals surface area contributed by atoms with Gasteiger partial charge in [0.05, 0.1) is 4.90 Å². The zero-order valence-corrected chi connectivity index (χ0v) is 15.5. The third-order valence-corrected chi connectivity index (χ3v) is 5.44. The van der Waals surface area contributed by atoms with Crippen molar-refractivity contribution in [3.05, 3.63) is 65.7 Å². The Hall–Kier alpha value is -2.18. The van der Waals surface area contributed by atoms with E-state index in [1.807, 2.05) is 30.3 Å². The van der Waals surface area contributed by atoms with Crippen molar-refractivity contribution in [2.75, 3.05) is 0 Å². The first kappa shape index (κ1) is 19.1. The third-order valence-electron chi connectivity index (χ3n) is 3.95. The third kappa shape index (κ3) is 5.14. The Morgan fingerprint density at radius 2 is 1.60 bits per heavy atom. The van der Waals surface area contributed by atoms with Crippen LogP contribution in [-0.2, 0) is 26.7 Å². The molecule has 0 fully saturated rings. The second-order valence-electron chi connectivity index (χ2n) is 7.04. The lowest BCUT2D eigenvalue weighted by Crippen LogP contribution is -2.45. The number of hydrogen-bond acceptors (Lipinski definition) is 3. The van der Waals surface area contributed by atoms with Gasteiger partial charge >= 0.3 is 0 Å². The van der Waals surface area contributed by atoms with E-state index in [4.69, 9.17) is 5.73 Å². The Balaban J connectivity index is 2.21. The van der Waals surface area contributed by atoms with Crippen LogP contribution in [0.1, 0.15) is 31.9 Å². The standard InChI is InChI=1S/C19H24N2O3S/c1-19(2,3)15-9-11-16(12-10-15)25(23,24)21-17(18(20)22)13-14-7-5-4-6-8-14/h4-12,17,21H,13H2,1-3H3,(H2,20,22). The molecular formula is C19H24N2O3S. The zero-order chi connectivity index (χ0) is 18.7. The van der Waals surface area contributed by atoms with Crippen molar-refractivity contribution >= 4 is 15.9 Å². The molecule has 2 rings (SSSR count). The van der Waals surface area contributed by atoms with Crippen LogP contribution >= 0.6 is 0 Å². The summed E-state index contributed by atoms with van der Waals surface area (Å²) >= 11 is 0. The summed E-state index contributed by atoms with van der Waals surface area (Å²) in [6.07, 6.45) is 0.204. The maximum atomic E-state index is 12.6. The van der Waals surface area contributed by atoms with E-state index in [1.165, 1.54) is 0 Å². The van der Waals surface area contributed by atoms with Gasteiger partial charge in [0, 0.05) is 0 Å². The Kier molecular flexibility index (Phi) is 5.65. The number of amides is 1. The molecule has 25 heavy (non-hydrogen) atoms. The summed E-state index contributed by atoms with van der Waals surface area (Å²) in [5, 5.41) is 0. The minimum Gasteiger partial charge on any atom is -0.368 e. The van der Waals surface area contributed by atoms with Crippen molar-refractivity contribution in [3.8, 4) is 0 Å². The second-order valence-corrected chi connectivity index (χ2v) is 8.75. The molecule has 0 aliphatic heterocycles. The average molecular weight is 360 g/mol. The molecule has 0 saturated carbocycles. The molecule has 0 bridgehead atoms. The van der Waals surface area contributed by atoms with Crippen LogP contribution in [0.3, 0.4) is 0 Å². The molecule has 0 aliphatic carbocycles. The van der Waals surface area contributed by atoms with E-state index in [0.29, 0.717) is 0 Å². The van der Waals surface area contributed by atoms with Gasteiger partial charge in [-0.05, 0) is 35.1 Å². The lowest BCUT2D eigenvalue weighted by Gasteiger charge is -2.20. The lowest BCUT2D eigenvalue weighted by molar-refractivity contribution is -0.119. The Bertz CT molecular complexity index is 823. The smallest absolute Gasteiger partial charge is 0.241 e. The molecule has 0 spiro atoms. The topological polar surface area (TPSA) is 89.3 Å². The molecule has 0 heterocycles. The summed E-state index contributed by atoms with van der Waals surface area (Å²) < 4.78 is 27.6. The summed E-state index contributed by atoms with van der Waals surface area (Å²) in [7, 11) is -3.84. The minimum absolute atomic E-state index is 0.0706. The first-order valence-electron chi connectivity index (χ1n) is 8.06. The molecule has 0 aliphatic rings. The first-order chi connectivity index (χ1) is 11.6. The van der Waals surface area contributed by atoms with Crippen molar-refractivity contribution in [1.29, 1.82) is 0 Å². The highest BCUT2D eigenvalue weighted by molar-refractivity contribution is 7.89. The molecule has 0 radical (unpaired) electrons. The number of carbonyl (C=O) groups excluding carboxylic acids is 1. The number of hydrogen-bond donors (Lipinski definition) is 2. The molecule has 1 atom stereocenters. The van der Waals surface area contributed by atoms with E-state index in [0.717, 1.165) is 11.1 Å². The van der Waals surface area contributed by atoms with Crippen LogP contribution in [0.2, 0.25) is 0 Å². The van der Waals surface area contributed by atoms with Gasteiger partial charge in [-0.15, -0.1) is 0 Å². The van der Waals surface area contributed by atoms with Crippen molar-refractivity contribution < 1.29 is 13.2 Å². The number of primary amides is 1. The van der Waals surface area contributed by atoms with Gasteiger partial charge in [0.2, 0.25) is 15.9 Å². The molecular weight excluding hydrogens is 336 g/mol. The number of nitrogens with one attached hydrogen (secondary N) is 1. The maximum Gasteiger partial charge on any atom is 0.241 e. The molecule has 3 N–H and O–H groups in total. The fourth-order valence-corrected chi connectivity index (χ4v) is 3.64. The fourth-order valence-electron chi connectivity index (χ4n) is 2.44. The Morgan fingerprint density at radius 1 is 1.04 bits per heavy atom. The van der Waals surface area contributed by atoms with Crippen molar-refractivity contribution in [3.63, 3.8) is 0 Å². The lowest BCUT2D eigenvalue weighted by atomic mass is 9.87. The highest BCUT2D eigenvalue weighted by Crippen LogP contribution is 2.23. The van der Waals surface area contributed by atoms with Crippen LogP contribution in [0.25, 0.3) is 0 Å². The molecule has 2 aromatic carbocycles. The van der Waals surface area contributed by atoms with Gasteiger partial charge in [-0.25, -0.2) is 8.42 Å². The molecule has 2 aromatic rings. The van der Waals surface area contributed by atoms with E-state index < -0.39 is 22.0 Å². The summed E-state index contributed by atoms with van der Waals surface area (Å²) in [5.74, 6) is -0.710. The number of nitrogens with two attached hydrogens (primary N) is 1. The van der Waals surface area contributed by atoms with E-state index in [-0.39, 0.29) is 16.7 Å². The molecule has 1 amide bonds. The highest BCUT2D eigenvalue weighted by Gasteiger charge is 2.25. The predicted octanol–water partition coefficient (Wildman–Crippen LogP) is 2.36. The van der Waals surface area contributed by atoms with Gasteiger partial charge in [-0.2, -0.15) is 4.72 Å². The first-order valence-corrected chi connectivity index (χ1v) is 9.54. The monoisotopic (exact) mass is 360 g/mol. The SMILES string of the molecule is CC(C)(C)c1ccc(S(=O)(=O)NC(Cc2ccccc2)C(N)=O)cc1. The Morgan fingerprint density at radius 3 is 2.08 bits per heavy atom. The van der Waals surface area contributed by atoms with E-state index >= 15 is 0 Å². The predicted molar refractivity (Wildman–Crippen MR) is 98.6 cm³/mol. The van der Waals surface area contributed by atoms with E-state index in [1.54, 1.807) is 24.3 Å². The largest absolute Gasteiger partial charge is 0.368 e. The number of benzene rings is 2. The molecule has 6 heteroatoms. The second kappa shape index (κ2) is 7.37. The minimum atomic E-state index is -3.84. The molecule has 1 unspecified atom stereocenters. The van der Waals surface area contributed by atoms with Gasteiger partial charge in [0.15, 0.2) is 0 Å².